The number of benzene rings is 2. The molecule has 6 heteroatoms. The van der Waals surface area contributed by atoms with Gasteiger partial charge in [0.15, 0.2) is 0 Å². The van der Waals surface area contributed by atoms with Gasteiger partial charge in [-0.25, -0.2) is 0 Å². The van der Waals surface area contributed by atoms with Crippen LogP contribution in [0.4, 0.5) is 0 Å². The van der Waals surface area contributed by atoms with Crippen molar-refractivity contribution in [2.45, 2.75) is 13.3 Å². The normalized spacial score (nSPS) is 17.0. The molecular formula is C24H22ClN3O2. The van der Waals surface area contributed by atoms with E-state index >= 15 is 0 Å². The number of halogens is 1. The number of aryl methyl sites for hydroxylation is 1. The van der Waals surface area contributed by atoms with Crippen LogP contribution < -0.4 is 0 Å². The lowest BCUT2D eigenvalue weighted by Crippen LogP contribution is -2.39. The van der Waals surface area contributed by atoms with Crippen LogP contribution in [0, 0.1) is 6.92 Å². The van der Waals surface area contributed by atoms with E-state index in [9.17, 15) is 9.59 Å². The van der Waals surface area contributed by atoms with Gasteiger partial charge >= 0.3 is 0 Å². The molecule has 0 saturated heterocycles. The number of carbonyl (C=O) groups excluding carboxylic acids is 2. The van der Waals surface area contributed by atoms with Gasteiger partial charge in [-0.2, -0.15) is 0 Å². The number of aromatic amines is 1. The molecule has 1 aromatic heterocycles. The summed E-state index contributed by atoms with van der Waals surface area (Å²) in [4.78, 5) is 32.2. The standard InChI is InChI=1S/C24H22ClN3O2/c1-15-22(20-14-17(25)6-7-21(20)26-15)16-8-10-27(11-9-16)12-13-28-23(29)18-4-2-3-5-19(18)24(28)30/h2-8,14,26H,9-13H2,1H3. The molecule has 0 atom stereocenters. The number of H-pyrrole nitrogens is 1. The molecule has 3 heterocycles. The molecule has 0 unspecified atom stereocenters. The molecular weight excluding hydrogens is 398 g/mol. The van der Waals surface area contributed by atoms with Crippen molar-refractivity contribution < 1.29 is 9.59 Å². The predicted octanol–water partition coefficient (Wildman–Crippen LogP) is 4.52. The molecule has 0 bridgehead atoms. The summed E-state index contributed by atoms with van der Waals surface area (Å²) in [6, 6.07) is 13.0. The first-order valence-corrected chi connectivity index (χ1v) is 10.6. The van der Waals surface area contributed by atoms with E-state index in [0.29, 0.717) is 24.2 Å². The zero-order chi connectivity index (χ0) is 20.8. The van der Waals surface area contributed by atoms with E-state index < -0.39 is 0 Å². The third kappa shape index (κ3) is 3.15. The van der Waals surface area contributed by atoms with Crippen molar-refractivity contribution in [3.05, 3.63) is 75.9 Å². The van der Waals surface area contributed by atoms with Crippen LogP contribution in [0.2, 0.25) is 5.02 Å². The van der Waals surface area contributed by atoms with Crippen LogP contribution in [0.1, 0.15) is 38.4 Å². The summed E-state index contributed by atoms with van der Waals surface area (Å²) in [5, 5.41) is 1.90. The summed E-state index contributed by atoms with van der Waals surface area (Å²) in [5.74, 6) is -0.370. The molecule has 30 heavy (non-hydrogen) atoms. The van der Waals surface area contributed by atoms with Crippen LogP contribution in [0.3, 0.4) is 0 Å². The molecule has 5 nitrogen and oxygen atoms in total. The number of rotatable bonds is 4. The van der Waals surface area contributed by atoms with Gasteiger partial charge in [-0.1, -0.05) is 29.8 Å². The Hall–Kier alpha value is -2.89. The van der Waals surface area contributed by atoms with E-state index in [4.69, 9.17) is 11.6 Å². The van der Waals surface area contributed by atoms with Gasteiger partial charge < -0.3 is 4.98 Å². The van der Waals surface area contributed by atoms with E-state index in [0.717, 1.165) is 41.1 Å². The summed E-state index contributed by atoms with van der Waals surface area (Å²) in [6.07, 6.45) is 3.17. The Morgan fingerprint density at radius 3 is 2.43 bits per heavy atom. The van der Waals surface area contributed by atoms with Crippen LogP contribution in [0.5, 0.6) is 0 Å². The summed E-state index contributed by atoms with van der Waals surface area (Å²) in [6.45, 7) is 4.87. The fourth-order valence-corrected chi connectivity index (χ4v) is 4.71. The summed E-state index contributed by atoms with van der Waals surface area (Å²) in [7, 11) is 0. The third-order valence-electron chi connectivity index (χ3n) is 6.08. The van der Waals surface area contributed by atoms with Gasteiger partial charge in [-0.3, -0.25) is 19.4 Å². The zero-order valence-electron chi connectivity index (χ0n) is 16.7. The van der Waals surface area contributed by atoms with E-state index in [2.05, 4.69) is 22.9 Å². The van der Waals surface area contributed by atoms with Crippen molar-refractivity contribution in [3.63, 3.8) is 0 Å². The lowest BCUT2D eigenvalue weighted by molar-refractivity contribution is 0.0638. The maximum Gasteiger partial charge on any atom is 0.261 e. The van der Waals surface area contributed by atoms with Crippen molar-refractivity contribution in [1.29, 1.82) is 0 Å². The topological polar surface area (TPSA) is 56.4 Å². The Labute approximate surface area is 179 Å². The minimum Gasteiger partial charge on any atom is -0.358 e. The molecule has 2 aromatic carbocycles. The van der Waals surface area contributed by atoms with Crippen molar-refractivity contribution >= 4 is 39.9 Å². The lowest BCUT2D eigenvalue weighted by Gasteiger charge is -2.28. The molecule has 5 rings (SSSR count). The minimum atomic E-state index is -0.185. The molecule has 0 saturated carbocycles. The highest BCUT2D eigenvalue weighted by atomic mass is 35.5. The lowest BCUT2D eigenvalue weighted by atomic mass is 9.96. The molecule has 0 aliphatic carbocycles. The second-order valence-corrected chi connectivity index (χ2v) is 8.34. The van der Waals surface area contributed by atoms with Crippen molar-refractivity contribution in [2.75, 3.05) is 26.2 Å². The van der Waals surface area contributed by atoms with Crippen molar-refractivity contribution in [3.8, 4) is 0 Å². The Bertz CT molecular complexity index is 1180. The summed E-state index contributed by atoms with van der Waals surface area (Å²) in [5.41, 5.74) is 5.83. The van der Waals surface area contributed by atoms with Gasteiger partial charge in [0.25, 0.3) is 11.8 Å². The minimum absolute atomic E-state index is 0.185. The number of carbonyl (C=O) groups is 2. The van der Waals surface area contributed by atoms with E-state index in [1.54, 1.807) is 24.3 Å². The zero-order valence-corrected chi connectivity index (χ0v) is 17.5. The highest BCUT2D eigenvalue weighted by Crippen LogP contribution is 2.33. The molecule has 1 N–H and O–H groups in total. The number of aromatic nitrogens is 1. The quantitative estimate of drug-likeness (QED) is 0.633. The maximum atomic E-state index is 12.5. The number of hydrogen-bond donors (Lipinski definition) is 1. The third-order valence-corrected chi connectivity index (χ3v) is 6.32. The first-order chi connectivity index (χ1) is 14.5. The average Bonchev–Trinajstić information content (AvgIpc) is 3.20. The Kier molecular flexibility index (Phi) is 4.72. The second-order valence-electron chi connectivity index (χ2n) is 7.90. The predicted molar refractivity (Wildman–Crippen MR) is 119 cm³/mol. The van der Waals surface area contributed by atoms with Gasteiger partial charge in [0.2, 0.25) is 0 Å². The number of hydrogen-bond acceptors (Lipinski definition) is 3. The molecule has 2 aliphatic heterocycles. The van der Waals surface area contributed by atoms with E-state index in [-0.39, 0.29) is 11.8 Å². The van der Waals surface area contributed by atoms with Crippen molar-refractivity contribution in [1.82, 2.24) is 14.8 Å². The Balaban J connectivity index is 1.28. The average molecular weight is 420 g/mol. The summed E-state index contributed by atoms with van der Waals surface area (Å²) < 4.78 is 0. The Morgan fingerprint density at radius 1 is 1.03 bits per heavy atom. The largest absolute Gasteiger partial charge is 0.358 e. The van der Waals surface area contributed by atoms with Gasteiger partial charge in [0.1, 0.15) is 0 Å². The van der Waals surface area contributed by atoms with Crippen LogP contribution >= 0.6 is 11.6 Å². The molecule has 0 fully saturated rings. The smallest absolute Gasteiger partial charge is 0.261 e. The van der Waals surface area contributed by atoms with Crippen LogP contribution in [-0.2, 0) is 0 Å². The van der Waals surface area contributed by atoms with Gasteiger partial charge in [0, 0.05) is 53.4 Å². The number of nitrogens with zero attached hydrogens (tertiary/aromatic N) is 2. The molecule has 3 aromatic rings. The van der Waals surface area contributed by atoms with Crippen LogP contribution in [0.15, 0.2) is 48.5 Å². The number of imide groups is 1. The second kappa shape index (κ2) is 7.42. The molecule has 2 amide bonds. The molecule has 0 spiro atoms. The highest BCUT2D eigenvalue weighted by molar-refractivity contribution is 6.31. The first-order valence-electron chi connectivity index (χ1n) is 10.2. The van der Waals surface area contributed by atoms with E-state index in [1.165, 1.54) is 16.0 Å². The number of nitrogens with one attached hydrogen (secondary N) is 1. The van der Waals surface area contributed by atoms with Crippen molar-refractivity contribution in [2.24, 2.45) is 0 Å². The SMILES string of the molecule is Cc1[nH]c2ccc(Cl)cc2c1C1=CCN(CCN2C(=O)c3ccccc3C2=O)CC1. The van der Waals surface area contributed by atoms with Gasteiger partial charge in [-0.05, 0) is 49.2 Å². The number of fused-ring (bicyclic) bond motifs is 2. The molecule has 152 valence electrons. The monoisotopic (exact) mass is 419 g/mol. The fourth-order valence-electron chi connectivity index (χ4n) is 4.54. The number of amides is 2. The van der Waals surface area contributed by atoms with Crippen LogP contribution in [-0.4, -0.2) is 52.8 Å². The highest BCUT2D eigenvalue weighted by Gasteiger charge is 2.35. The van der Waals surface area contributed by atoms with Gasteiger partial charge in [-0.15, -0.1) is 0 Å². The molecule has 0 radical (unpaired) electrons. The fraction of sp³-hybridized carbons (Fsp3) is 0.250. The van der Waals surface area contributed by atoms with E-state index in [1.807, 2.05) is 18.2 Å². The Morgan fingerprint density at radius 2 is 1.77 bits per heavy atom. The first kappa shape index (κ1) is 19.1. The molecule has 2 aliphatic rings. The van der Waals surface area contributed by atoms with Gasteiger partial charge in [0.05, 0.1) is 11.1 Å². The summed E-state index contributed by atoms with van der Waals surface area (Å²) >= 11 is 6.22. The maximum absolute atomic E-state index is 12.5. The van der Waals surface area contributed by atoms with Crippen LogP contribution in [0.25, 0.3) is 16.5 Å².